The standard InChI is InChI=1S/C10H20O2/c1-4-7-10(11)9(5-2)8-12-6-3/h6,9-11H,3-5,7-8H2,1-2H3. The Morgan fingerprint density at radius 2 is 2.17 bits per heavy atom. The zero-order valence-corrected chi connectivity index (χ0v) is 8.12. The first-order valence-corrected chi connectivity index (χ1v) is 4.66. The number of aliphatic hydroxyl groups is 1. The summed E-state index contributed by atoms with van der Waals surface area (Å²) in [5.41, 5.74) is 0. The van der Waals surface area contributed by atoms with E-state index in [1.54, 1.807) is 0 Å². The molecule has 0 aromatic heterocycles. The van der Waals surface area contributed by atoms with Gasteiger partial charge in [-0.15, -0.1) is 0 Å². The van der Waals surface area contributed by atoms with E-state index in [9.17, 15) is 5.11 Å². The van der Waals surface area contributed by atoms with Crippen LogP contribution < -0.4 is 0 Å². The maximum Gasteiger partial charge on any atom is 0.0925 e. The van der Waals surface area contributed by atoms with Gasteiger partial charge in [-0.05, 0) is 12.8 Å². The highest BCUT2D eigenvalue weighted by Crippen LogP contribution is 2.13. The summed E-state index contributed by atoms with van der Waals surface area (Å²) >= 11 is 0. The Morgan fingerprint density at radius 1 is 1.50 bits per heavy atom. The highest BCUT2D eigenvalue weighted by Gasteiger charge is 2.16. The highest BCUT2D eigenvalue weighted by atomic mass is 16.5. The van der Waals surface area contributed by atoms with Gasteiger partial charge in [-0.1, -0.05) is 26.8 Å². The van der Waals surface area contributed by atoms with Crippen LogP contribution in [-0.4, -0.2) is 17.8 Å². The SMILES string of the molecule is C=COCC(CC)C(O)CCC. The van der Waals surface area contributed by atoms with Crippen LogP contribution in [0.1, 0.15) is 33.1 Å². The molecule has 2 nitrogen and oxygen atoms in total. The smallest absolute Gasteiger partial charge is 0.0925 e. The molecule has 0 aromatic rings. The van der Waals surface area contributed by atoms with Gasteiger partial charge in [0.15, 0.2) is 0 Å². The summed E-state index contributed by atoms with van der Waals surface area (Å²) in [6, 6.07) is 0. The first-order chi connectivity index (χ1) is 5.76. The Balaban J connectivity index is 3.69. The first kappa shape index (κ1) is 11.5. The summed E-state index contributed by atoms with van der Waals surface area (Å²) in [5, 5.41) is 9.62. The van der Waals surface area contributed by atoms with Gasteiger partial charge in [-0.2, -0.15) is 0 Å². The molecule has 0 bridgehead atoms. The summed E-state index contributed by atoms with van der Waals surface area (Å²) in [5.74, 6) is 0.253. The molecule has 72 valence electrons. The molecule has 2 heteroatoms. The molecule has 0 aliphatic heterocycles. The molecule has 2 unspecified atom stereocenters. The van der Waals surface area contributed by atoms with Crippen molar-refractivity contribution in [3.63, 3.8) is 0 Å². The van der Waals surface area contributed by atoms with Gasteiger partial charge >= 0.3 is 0 Å². The van der Waals surface area contributed by atoms with Crippen molar-refractivity contribution in [2.24, 2.45) is 5.92 Å². The predicted molar refractivity (Wildman–Crippen MR) is 50.8 cm³/mol. The van der Waals surface area contributed by atoms with Gasteiger partial charge in [-0.25, -0.2) is 0 Å². The predicted octanol–water partition coefficient (Wildman–Crippen LogP) is 2.33. The third kappa shape index (κ3) is 4.39. The quantitative estimate of drug-likeness (QED) is 0.597. The Morgan fingerprint density at radius 3 is 2.58 bits per heavy atom. The maximum absolute atomic E-state index is 9.62. The number of hydrogen-bond acceptors (Lipinski definition) is 2. The largest absolute Gasteiger partial charge is 0.501 e. The third-order valence-corrected chi connectivity index (χ3v) is 2.08. The molecule has 0 rings (SSSR count). The second-order valence-corrected chi connectivity index (χ2v) is 3.02. The van der Waals surface area contributed by atoms with Crippen LogP contribution in [0.15, 0.2) is 12.8 Å². The van der Waals surface area contributed by atoms with Gasteiger partial charge in [0, 0.05) is 5.92 Å². The fraction of sp³-hybridized carbons (Fsp3) is 0.800. The lowest BCUT2D eigenvalue weighted by Crippen LogP contribution is -2.23. The summed E-state index contributed by atoms with van der Waals surface area (Å²) < 4.78 is 5.06. The summed E-state index contributed by atoms with van der Waals surface area (Å²) in [6.45, 7) is 8.19. The van der Waals surface area contributed by atoms with Crippen molar-refractivity contribution in [1.29, 1.82) is 0 Å². The van der Waals surface area contributed by atoms with Crippen LogP contribution in [0, 0.1) is 5.92 Å². The number of aliphatic hydroxyl groups excluding tert-OH is 1. The van der Waals surface area contributed by atoms with Gasteiger partial charge in [0.25, 0.3) is 0 Å². The maximum atomic E-state index is 9.62. The van der Waals surface area contributed by atoms with Gasteiger partial charge in [0.05, 0.1) is 19.0 Å². The minimum Gasteiger partial charge on any atom is -0.501 e. The van der Waals surface area contributed by atoms with E-state index in [1.807, 2.05) is 0 Å². The van der Waals surface area contributed by atoms with Crippen molar-refractivity contribution >= 4 is 0 Å². The number of rotatable bonds is 7. The minimum atomic E-state index is -0.222. The molecule has 0 fully saturated rings. The zero-order chi connectivity index (χ0) is 9.40. The van der Waals surface area contributed by atoms with E-state index in [0.717, 1.165) is 19.3 Å². The van der Waals surface area contributed by atoms with E-state index >= 15 is 0 Å². The van der Waals surface area contributed by atoms with Gasteiger partial charge in [0.2, 0.25) is 0 Å². The van der Waals surface area contributed by atoms with E-state index in [1.165, 1.54) is 6.26 Å². The van der Waals surface area contributed by atoms with E-state index < -0.39 is 0 Å². The molecule has 0 radical (unpaired) electrons. The normalized spacial score (nSPS) is 15.2. The molecule has 1 N–H and O–H groups in total. The highest BCUT2D eigenvalue weighted by molar-refractivity contribution is 4.67. The van der Waals surface area contributed by atoms with Crippen LogP contribution in [0.4, 0.5) is 0 Å². The lowest BCUT2D eigenvalue weighted by Gasteiger charge is -2.20. The topological polar surface area (TPSA) is 29.5 Å². The van der Waals surface area contributed by atoms with Crippen molar-refractivity contribution in [3.05, 3.63) is 12.8 Å². The van der Waals surface area contributed by atoms with E-state index in [0.29, 0.717) is 6.61 Å². The average Bonchev–Trinajstić information content (AvgIpc) is 2.06. The first-order valence-electron chi connectivity index (χ1n) is 4.66. The Labute approximate surface area is 75.2 Å². The number of hydrogen-bond donors (Lipinski definition) is 1. The second-order valence-electron chi connectivity index (χ2n) is 3.02. The van der Waals surface area contributed by atoms with Crippen molar-refractivity contribution in [1.82, 2.24) is 0 Å². The molecule has 0 aliphatic rings. The van der Waals surface area contributed by atoms with Crippen LogP contribution in [-0.2, 0) is 4.74 Å². The lowest BCUT2D eigenvalue weighted by atomic mass is 9.97. The van der Waals surface area contributed by atoms with Crippen LogP contribution >= 0.6 is 0 Å². The third-order valence-electron chi connectivity index (χ3n) is 2.08. The van der Waals surface area contributed by atoms with Crippen molar-refractivity contribution in [3.8, 4) is 0 Å². The molecule has 0 aromatic carbocycles. The van der Waals surface area contributed by atoms with Gasteiger partial charge in [-0.3, -0.25) is 0 Å². The molecule has 12 heavy (non-hydrogen) atoms. The Hall–Kier alpha value is -0.500. The summed E-state index contributed by atoms with van der Waals surface area (Å²) in [6.07, 6.45) is 4.04. The molecule has 2 atom stereocenters. The minimum absolute atomic E-state index is 0.222. The van der Waals surface area contributed by atoms with Crippen LogP contribution in [0.5, 0.6) is 0 Å². The summed E-state index contributed by atoms with van der Waals surface area (Å²) in [4.78, 5) is 0. The fourth-order valence-corrected chi connectivity index (χ4v) is 1.22. The molecular formula is C10H20O2. The fourth-order valence-electron chi connectivity index (χ4n) is 1.22. The molecule has 0 spiro atoms. The lowest BCUT2D eigenvalue weighted by molar-refractivity contribution is 0.0527. The van der Waals surface area contributed by atoms with Crippen LogP contribution in [0.25, 0.3) is 0 Å². The van der Waals surface area contributed by atoms with Gasteiger partial charge < -0.3 is 9.84 Å². The summed E-state index contributed by atoms with van der Waals surface area (Å²) in [7, 11) is 0. The molecular weight excluding hydrogens is 152 g/mol. The second kappa shape index (κ2) is 7.17. The molecule has 0 saturated carbocycles. The Bertz CT molecular complexity index is 112. The van der Waals surface area contributed by atoms with Gasteiger partial charge in [0.1, 0.15) is 0 Å². The van der Waals surface area contributed by atoms with Crippen LogP contribution in [0.3, 0.4) is 0 Å². The van der Waals surface area contributed by atoms with Crippen LogP contribution in [0.2, 0.25) is 0 Å². The molecule has 0 aliphatic carbocycles. The molecule has 0 saturated heterocycles. The van der Waals surface area contributed by atoms with E-state index in [2.05, 4.69) is 20.4 Å². The monoisotopic (exact) mass is 172 g/mol. The average molecular weight is 172 g/mol. The van der Waals surface area contributed by atoms with Crippen molar-refractivity contribution in [2.45, 2.75) is 39.2 Å². The zero-order valence-electron chi connectivity index (χ0n) is 8.12. The molecule has 0 heterocycles. The van der Waals surface area contributed by atoms with Crippen molar-refractivity contribution < 1.29 is 9.84 Å². The van der Waals surface area contributed by atoms with E-state index in [4.69, 9.17) is 4.74 Å². The molecule has 0 amide bonds. The van der Waals surface area contributed by atoms with E-state index in [-0.39, 0.29) is 12.0 Å². The number of ether oxygens (including phenoxy) is 1. The van der Waals surface area contributed by atoms with Crippen molar-refractivity contribution in [2.75, 3.05) is 6.61 Å². The Kier molecular flexibility index (Phi) is 6.87.